The maximum Gasteiger partial charge on any atom is 0.392 e. The van der Waals surface area contributed by atoms with Crippen molar-refractivity contribution in [3.63, 3.8) is 0 Å². The number of nitrogens with one attached hydrogen (secondary N) is 1. The van der Waals surface area contributed by atoms with Gasteiger partial charge in [-0.25, -0.2) is 9.37 Å². The first-order valence-corrected chi connectivity index (χ1v) is 7.61. The van der Waals surface area contributed by atoms with Gasteiger partial charge in [0, 0.05) is 5.70 Å². The quantitative estimate of drug-likeness (QED) is 0.631. The van der Waals surface area contributed by atoms with Crippen LogP contribution in [0.2, 0.25) is 5.15 Å². The summed E-state index contributed by atoms with van der Waals surface area (Å²) < 4.78 is 55.1. The van der Waals surface area contributed by atoms with E-state index >= 15 is 0 Å². The summed E-state index contributed by atoms with van der Waals surface area (Å²) in [6.07, 6.45) is -3.02. The lowest BCUT2D eigenvalue weighted by molar-refractivity contribution is -0.176. The van der Waals surface area contributed by atoms with Gasteiger partial charge in [-0.1, -0.05) is 17.7 Å². The molecule has 0 aliphatic heterocycles. The maximum atomic E-state index is 12.6. The minimum absolute atomic E-state index is 0.0340. The first-order chi connectivity index (χ1) is 11.3. The molecule has 24 heavy (non-hydrogen) atoms. The normalized spacial score (nSPS) is 18.0. The molecule has 1 N–H and O–H groups in total. The third-order valence-electron chi connectivity index (χ3n) is 3.53. The van der Waals surface area contributed by atoms with E-state index in [-0.39, 0.29) is 42.5 Å². The molecule has 1 aliphatic rings. The van der Waals surface area contributed by atoms with Crippen molar-refractivity contribution in [2.75, 3.05) is 13.3 Å². The Morgan fingerprint density at radius 1 is 1.42 bits per heavy atom. The van der Waals surface area contributed by atoms with Crippen LogP contribution in [0.1, 0.15) is 29.6 Å². The minimum Gasteiger partial charge on any atom is -0.474 e. The van der Waals surface area contributed by atoms with Crippen LogP contribution < -0.4 is 10.1 Å². The number of hydrogen-bond donors (Lipinski definition) is 1. The highest BCUT2D eigenvalue weighted by Crippen LogP contribution is 2.36. The van der Waals surface area contributed by atoms with Gasteiger partial charge in [-0.3, -0.25) is 4.79 Å². The molecule has 9 heteroatoms. The second-order valence-corrected chi connectivity index (χ2v) is 5.61. The van der Waals surface area contributed by atoms with E-state index in [4.69, 9.17) is 16.3 Å². The third kappa shape index (κ3) is 4.83. The van der Waals surface area contributed by atoms with Crippen LogP contribution in [-0.4, -0.2) is 30.3 Å². The van der Waals surface area contributed by atoms with Crippen LogP contribution in [0.15, 0.2) is 23.9 Å². The van der Waals surface area contributed by atoms with Crippen LogP contribution in [0.4, 0.5) is 17.6 Å². The van der Waals surface area contributed by atoms with E-state index in [9.17, 15) is 22.4 Å². The highest BCUT2D eigenvalue weighted by Gasteiger charge is 2.39. The molecule has 0 bridgehead atoms. The number of ether oxygens (including phenoxy) is 1. The fourth-order valence-corrected chi connectivity index (χ4v) is 2.43. The molecule has 0 saturated carbocycles. The third-order valence-corrected chi connectivity index (χ3v) is 3.75. The Kier molecular flexibility index (Phi) is 6.04. The Morgan fingerprint density at radius 2 is 2.17 bits per heavy atom. The number of halogens is 5. The summed E-state index contributed by atoms with van der Waals surface area (Å²) in [5, 5.41) is 2.62. The molecule has 1 amide bonds. The first-order valence-electron chi connectivity index (χ1n) is 7.23. The highest BCUT2D eigenvalue weighted by atomic mass is 35.5. The Morgan fingerprint density at radius 3 is 2.75 bits per heavy atom. The molecule has 4 nitrogen and oxygen atoms in total. The van der Waals surface area contributed by atoms with Gasteiger partial charge in [0.15, 0.2) is 0 Å². The Hall–Kier alpha value is -1.83. The fourth-order valence-electron chi connectivity index (χ4n) is 2.29. The second kappa shape index (κ2) is 7.83. The lowest BCUT2D eigenvalue weighted by Gasteiger charge is -2.24. The molecule has 1 aliphatic carbocycles. The van der Waals surface area contributed by atoms with E-state index in [1.54, 1.807) is 0 Å². The number of allylic oxidation sites excluding steroid dienone is 2. The Labute approximate surface area is 140 Å². The number of amides is 1. The smallest absolute Gasteiger partial charge is 0.392 e. The number of nitrogens with zero attached hydrogens (tertiary/aromatic N) is 1. The van der Waals surface area contributed by atoms with Crippen LogP contribution in [0, 0.1) is 5.92 Å². The van der Waals surface area contributed by atoms with Gasteiger partial charge in [0.05, 0.1) is 5.92 Å². The summed E-state index contributed by atoms with van der Waals surface area (Å²) in [6, 6.07) is 2.73. The van der Waals surface area contributed by atoms with E-state index in [0.717, 1.165) is 0 Å². The Balaban J connectivity index is 2.07. The number of hydrogen-bond acceptors (Lipinski definition) is 3. The van der Waals surface area contributed by atoms with Gasteiger partial charge in [-0.15, -0.1) is 0 Å². The average Bonchev–Trinajstić information content (AvgIpc) is 2.52. The summed E-state index contributed by atoms with van der Waals surface area (Å²) in [7, 11) is 0. The molecule has 0 radical (unpaired) electrons. The lowest BCUT2D eigenvalue weighted by atomic mass is 9.92. The number of carbonyl (C=O) groups is 1. The van der Waals surface area contributed by atoms with Crippen molar-refractivity contribution in [2.45, 2.75) is 25.4 Å². The van der Waals surface area contributed by atoms with E-state index in [1.807, 2.05) is 0 Å². The molecule has 1 heterocycles. The van der Waals surface area contributed by atoms with Gasteiger partial charge < -0.3 is 10.1 Å². The topological polar surface area (TPSA) is 51.2 Å². The zero-order valence-electron chi connectivity index (χ0n) is 12.5. The monoisotopic (exact) mass is 366 g/mol. The number of carbonyl (C=O) groups excluding carboxylic acids is 1. The van der Waals surface area contributed by atoms with Crippen LogP contribution in [0.5, 0.6) is 5.88 Å². The van der Waals surface area contributed by atoms with Gasteiger partial charge in [0.1, 0.15) is 24.0 Å². The van der Waals surface area contributed by atoms with Gasteiger partial charge >= 0.3 is 6.18 Å². The van der Waals surface area contributed by atoms with Gasteiger partial charge in [-0.05, 0) is 31.4 Å². The molecule has 1 aromatic heterocycles. The van der Waals surface area contributed by atoms with E-state index in [0.29, 0.717) is 5.70 Å². The van der Waals surface area contributed by atoms with Crippen molar-refractivity contribution in [2.24, 2.45) is 5.92 Å². The molecule has 132 valence electrons. The molecule has 1 aromatic rings. The van der Waals surface area contributed by atoms with Crippen LogP contribution >= 0.6 is 11.6 Å². The van der Waals surface area contributed by atoms with Crippen molar-refractivity contribution in [3.8, 4) is 5.88 Å². The molecule has 0 spiro atoms. The predicted octanol–water partition coefficient (Wildman–Crippen LogP) is 4.06. The van der Waals surface area contributed by atoms with E-state index in [2.05, 4.69) is 10.3 Å². The molecular weight excluding hydrogens is 352 g/mol. The number of aromatic nitrogens is 1. The van der Waals surface area contributed by atoms with Gasteiger partial charge in [0.2, 0.25) is 5.88 Å². The highest BCUT2D eigenvalue weighted by molar-refractivity contribution is 6.29. The number of pyridine rings is 1. The minimum atomic E-state index is -4.24. The first kappa shape index (κ1) is 18.5. The molecule has 0 fully saturated rings. The summed E-state index contributed by atoms with van der Waals surface area (Å²) in [5.74, 6) is -2.11. The van der Waals surface area contributed by atoms with Crippen molar-refractivity contribution in [1.29, 1.82) is 0 Å². The largest absolute Gasteiger partial charge is 0.474 e. The van der Waals surface area contributed by atoms with Crippen molar-refractivity contribution >= 4 is 17.5 Å². The summed E-state index contributed by atoms with van der Waals surface area (Å²) in [4.78, 5) is 16.1. The molecule has 1 atom stereocenters. The summed E-state index contributed by atoms with van der Waals surface area (Å²) >= 11 is 5.72. The molecule has 1 unspecified atom stereocenters. The predicted molar refractivity (Wildman–Crippen MR) is 79.7 cm³/mol. The van der Waals surface area contributed by atoms with Crippen LogP contribution in [0.25, 0.3) is 0 Å². The molecule has 2 rings (SSSR count). The van der Waals surface area contributed by atoms with Crippen LogP contribution in [-0.2, 0) is 0 Å². The zero-order chi connectivity index (χ0) is 17.7. The number of alkyl halides is 4. The lowest BCUT2D eigenvalue weighted by Crippen LogP contribution is -2.29. The molecular formula is C15H15ClF4N2O2. The zero-order valence-corrected chi connectivity index (χ0v) is 13.3. The number of rotatable bonds is 5. The van der Waals surface area contributed by atoms with Crippen molar-refractivity contribution in [3.05, 3.63) is 34.6 Å². The van der Waals surface area contributed by atoms with Crippen molar-refractivity contribution < 1.29 is 27.1 Å². The van der Waals surface area contributed by atoms with Gasteiger partial charge in [0.25, 0.3) is 5.91 Å². The maximum absolute atomic E-state index is 12.6. The van der Waals surface area contributed by atoms with Gasteiger partial charge in [-0.2, -0.15) is 13.2 Å². The average molecular weight is 367 g/mol. The summed E-state index contributed by atoms with van der Waals surface area (Å²) in [6.45, 7) is -1.05. The SMILES string of the molecule is O=C(NC1=CCC(C(F)(F)F)CC1)c1ccc(Cl)nc1OCCF. The second-order valence-electron chi connectivity index (χ2n) is 5.22. The fraction of sp³-hybridized carbons (Fsp3) is 0.467. The van der Waals surface area contributed by atoms with E-state index < -0.39 is 24.7 Å². The van der Waals surface area contributed by atoms with E-state index in [1.165, 1.54) is 18.2 Å². The molecule has 0 aromatic carbocycles. The van der Waals surface area contributed by atoms with Crippen molar-refractivity contribution in [1.82, 2.24) is 10.3 Å². The Bertz CT molecular complexity index is 634. The van der Waals surface area contributed by atoms with Crippen LogP contribution in [0.3, 0.4) is 0 Å². The molecule has 0 saturated heterocycles. The summed E-state index contributed by atoms with van der Waals surface area (Å²) in [5.41, 5.74) is 0.443. The standard InChI is InChI=1S/C15H15ClF4N2O2/c16-12-6-5-11(14(22-12)24-8-7-17)13(23)21-10-3-1-9(2-4-10)15(18,19)20/h3,5-6,9H,1-2,4,7-8H2,(H,21,23).